The highest BCUT2D eigenvalue weighted by Crippen LogP contribution is 2.33. The van der Waals surface area contributed by atoms with Gasteiger partial charge in [0.2, 0.25) is 0 Å². The van der Waals surface area contributed by atoms with Crippen molar-refractivity contribution in [2.75, 3.05) is 26.1 Å². The van der Waals surface area contributed by atoms with Crippen LogP contribution in [0.4, 0.5) is 5.69 Å². The number of amides is 1. The van der Waals surface area contributed by atoms with Gasteiger partial charge in [-0.2, -0.15) is 0 Å². The highest BCUT2D eigenvalue weighted by Gasteiger charge is 2.17. The Morgan fingerprint density at radius 3 is 2.23 bits per heavy atom. The van der Waals surface area contributed by atoms with E-state index in [-0.39, 0.29) is 27.0 Å². The maximum absolute atomic E-state index is 12.2. The highest BCUT2D eigenvalue weighted by molar-refractivity contribution is 6.42. The largest absolute Gasteiger partial charge is 0.497 e. The van der Waals surface area contributed by atoms with Crippen molar-refractivity contribution >= 4 is 52.4 Å². The van der Waals surface area contributed by atoms with Gasteiger partial charge in [-0.15, -0.1) is 0 Å². The average Bonchev–Trinajstić information content (AvgIpc) is 2.62. The lowest BCUT2D eigenvalue weighted by atomic mass is 10.2. The normalized spacial score (nSPS) is 10.2. The molecule has 1 amide bonds. The molecule has 0 aromatic heterocycles. The molecule has 2 aromatic rings. The second-order valence-corrected chi connectivity index (χ2v) is 6.19. The van der Waals surface area contributed by atoms with Gasteiger partial charge in [0.1, 0.15) is 17.1 Å². The van der Waals surface area contributed by atoms with Crippen molar-refractivity contribution in [1.29, 1.82) is 0 Å². The maximum atomic E-state index is 12.2. The van der Waals surface area contributed by atoms with Crippen LogP contribution in [0, 0.1) is 0 Å². The number of methoxy groups -OCH3 is 2. The Bertz CT molecular complexity index is 818. The first-order chi connectivity index (χ1) is 12.3. The van der Waals surface area contributed by atoms with Gasteiger partial charge in [-0.05, 0) is 24.3 Å². The molecule has 6 nitrogen and oxygen atoms in total. The lowest BCUT2D eigenvalue weighted by Gasteiger charge is -2.12. The number of esters is 1. The lowest BCUT2D eigenvalue weighted by Crippen LogP contribution is -2.21. The van der Waals surface area contributed by atoms with Crippen molar-refractivity contribution in [2.45, 2.75) is 0 Å². The molecule has 0 radical (unpaired) electrons. The fourth-order valence-corrected chi connectivity index (χ4v) is 2.92. The third-order valence-corrected chi connectivity index (χ3v) is 4.05. The van der Waals surface area contributed by atoms with Gasteiger partial charge < -0.3 is 19.5 Å². The number of carbonyl (C=O) groups excluding carboxylic acids is 2. The van der Waals surface area contributed by atoms with Crippen molar-refractivity contribution < 1.29 is 23.8 Å². The number of hydrogen-bond acceptors (Lipinski definition) is 5. The van der Waals surface area contributed by atoms with E-state index in [4.69, 9.17) is 49.0 Å². The standard InChI is InChI=1S/C17H14Cl3NO5/c1-24-10-3-4-11(14(7-10)25-2)17(23)26-8-15(22)21-16-12(19)5-9(18)6-13(16)20/h3-7H,8H2,1-2H3,(H,21,22). The first kappa shape index (κ1) is 20.2. The molecular weight excluding hydrogens is 405 g/mol. The molecule has 2 rings (SSSR count). The van der Waals surface area contributed by atoms with E-state index in [1.807, 2.05) is 0 Å². The van der Waals surface area contributed by atoms with Gasteiger partial charge in [0.15, 0.2) is 6.61 Å². The van der Waals surface area contributed by atoms with Crippen molar-refractivity contribution in [2.24, 2.45) is 0 Å². The fourth-order valence-electron chi connectivity index (χ4n) is 2.01. The van der Waals surface area contributed by atoms with Crippen LogP contribution in [0.1, 0.15) is 10.4 Å². The predicted molar refractivity (Wildman–Crippen MR) is 99.9 cm³/mol. The van der Waals surface area contributed by atoms with Gasteiger partial charge in [-0.1, -0.05) is 34.8 Å². The summed E-state index contributed by atoms with van der Waals surface area (Å²) in [6, 6.07) is 7.44. The van der Waals surface area contributed by atoms with E-state index in [0.29, 0.717) is 10.8 Å². The zero-order valence-corrected chi connectivity index (χ0v) is 16.0. The fraction of sp³-hybridized carbons (Fsp3) is 0.176. The minimum atomic E-state index is -0.729. The van der Waals surface area contributed by atoms with Crippen LogP contribution in [-0.2, 0) is 9.53 Å². The number of anilines is 1. The van der Waals surface area contributed by atoms with Crippen molar-refractivity contribution in [1.82, 2.24) is 0 Å². The lowest BCUT2D eigenvalue weighted by molar-refractivity contribution is -0.119. The minimum Gasteiger partial charge on any atom is -0.497 e. The monoisotopic (exact) mass is 417 g/mol. The number of rotatable bonds is 6. The number of ether oxygens (including phenoxy) is 3. The summed E-state index contributed by atoms with van der Waals surface area (Å²) in [5, 5.41) is 3.13. The molecule has 0 spiro atoms. The van der Waals surface area contributed by atoms with Crippen LogP contribution < -0.4 is 14.8 Å². The van der Waals surface area contributed by atoms with E-state index in [9.17, 15) is 9.59 Å². The number of nitrogens with one attached hydrogen (secondary N) is 1. The van der Waals surface area contributed by atoms with Gasteiger partial charge in [0.25, 0.3) is 5.91 Å². The number of benzene rings is 2. The number of hydrogen-bond donors (Lipinski definition) is 1. The summed E-state index contributed by atoms with van der Waals surface area (Å²) in [5.41, 5.74) is 0.337. The van der Waals surface area contributed by atoms with Gasteiger partial charge in [0, 0.05) is 11.1 Å². The number of halogens is 3. The predicted octanol–water partition coefficient (Wildman–Crippen LogP) is 4.46. The van der Waals surface area contributed by atoms with E-state index in [0.717, 1.165) is 0 Å². The van der Waals surface area contributed by atoms with Gasteiger partial charge in [-0.3, -0.25) is 4.79 Å². The molecule has 0 unspecified atom stereocenters. The van der Waals surface area contributed by atoms with Gasteiger partial charge in [-0.25, -0.2) is 4.79 Å². The van der Waals surface area contributed by atoms with E-state index >= 15 is 0 Å². The molecule has 0 atom stereocenters. The topological polar surface area (TPSA) is 73.9 Å². The third kappa shape index (κ3) is 4.94. The molecule has 9 heteroatoms. The maximum Gasteiger partial charge on any atom is 0.342 e. The third-order valence-electron chi connectivity index (χ3n) is 3.23. The SMILES string of the molecule is COc1ccc(C(=O)OCC(=O)Nc2c(Cl)cc(Cl)cc2Cl)c(OC)c1. The Balaban J connectivity index is 2.03. The smallest absolute Gasteiger partial charge is 0.342 e. The molecule has 0 saturated heterocycles. The van der Waals surface area contributed by atoms with E-state index in [2.05, 4.69) is 5.32 Å². The van der Waals surface area contributed by atoms with Crippen LogP contribution >= 0.6 is 34.8 Å². The van der Waals surface area contributed by atoms with Crippen LogP contribution in [0.3, 0.4) is 0 Å². The summed E-state index contributed by atoms with van der Waals surface area (Å²) >= 11 is 17.8. The second-order valence-electron chi connectivity index (χ2n) is 4.93. The molecule has 1 N–H and O–H groups in total. The van der Waals surface area contributed by atoms with Crippen molar-refractivity contribution in [3.63, 3.8) is 0 Å². The molecule has 138 valence electrons. The summed E-state index contributed by atoms with van der Waals surface area (Å²) in [6.45, 7) is -0.538. The molecule has 2 aromatic carbocycles. The van der Waals surface area contributed by atoms with Crippen LogP contribution in [0.15, 0.2) is 30.3 Å². The zero-order valence-electron chi connectivity index (χ0n) is 13.8. The van der Waals surface area contributed by atoms with Gasteiger partial charge >= 0.3 is 5.97 Å². The summed E-state index contributed by atoms with van der Waals surface area (Å²) in [5.74, 6) is -0.563. The Morgan fingerprint density at radius 2 is 1.65 bits per heavy atom. The van der Waals surface area contributed by atoms with E-state index < -0.39 is 18.5 Å². The van der Waals surface area contributed by atoms with E-state index in [1.54, 1.807) is 6.07 Å². The van der Waals surface area contributed by atoms with E-state index in [1.165, 1.54) is 38.5 Å². The second kappa shape index (κ2) is 8.98. The molecule has 0 aliphatic carbocycles. The molecular formula is C17H14Cl3NO5. The van der Waals surface area contributed by atoms with Crippen LogP contribution in [0.2, 0.25) is 15.1 Å². The zero-order chi connectivity index (χ0) is 19.3. The summed E-state index contributed by atoms with van der Waals surface area (Å²) < 4.78 is 15.2. The minimum absolute atomic E-state index is 0.156. The molecule has 0 fully saturated rings. The Morgan fingerprint density at radius 1 is 1.00 bits per heavy atom. The van der Waals surface area contributed by atoms with Crippen LogP contribution in [0.5, 0.6) is 11.5 Å². The summed E-state index contributed by atoms with van der Waals surface area (Å²) in [7, 11) is 2.90. The Hall–Kier alpha value is -2.15. The average molecular weight is 419 g/mol. The summed E-state index contributed by atoms with van der Waals surface area (Å²) in [4.78, 5) is 24.2. The highest BCUT2D eigenvalue weighted by atomic mass is 35.5. The van der Waals surface area contributed by atoms with Crippen molar-refractivity contribution in [3.8, 4) is 11.5 Å². The Labute approximate surface area is 164 Å². The molecule has 0 heterocycles. The molecule has 26 heavy (non-hydrogen) atoms. The number of carbonyl (C=O) groups is 2. The molecule has 0 aliphatic rings. The van der Waals surface area contributed by atoms with Gasteiger partial charge in [0.05, 0.1) is 30.0 Å². The van der Waals surface area contributed by atoms with Crippen LogP contribution in [0.25, 0.3) is 0 Å². The Kier molecular flexibility index (Phi) is 6.97. The molecule has 0 bridgehead atoms. The first-order valence-corrected chi connectivity index (χ1v) is 8.32. The first-order valence-electron chi connectivity index (χ1n) is 7.19. The quantitative estimate of drug-likeness (QED) is 0.701. The summed E-state index contributed by atoms with van der Waals surface area (Å²) in [6.07, 6.45) is 0. The van der Waals surface area contributed by atoms with Crippen molar-refractivity contribution in [3.05, 3.63) is 51.0 Å². The van der Waals surface area contributed by atoms with Crippen LogP contribution in [-0.4, -0.2) is 32.7 Å². The molecule has 0 saturated carbocycles. The molecule has 0 aliphatic heterocycles.